The molecule has 0 aliphatic rings. The molecule has 0 saturated carbocycles. The summed E-state index contributed by atoms with van der Waals surface area (Å²) in [5, 5.41) is 2.96. The van der Waals surface area contributed by atoms with E-state index >= 15 is 0 Å². The number of amides is 1. The first-order chi connectivity index (χ1) is 9.50. The monoisotopic (exact) mass is 268 g/mol. The zero-order valence-corrected chi connectivity index (χ0v) is 12.2. The van der Waals surface area contributed by atoms with Crippen molar-refractivity contribution >= 4 is 11.6 Å². The van der Waals surface area contributed by atoms with Crippen LogP contribution < -0.4 is 11.1 Å². The van der Waals surface area contributed by atoms with Crippen LogP contribution in [0.3, 0.4) is 0 Å². The largest absolute Gasteiger partial charge is 0.399 e. The molecule has 0 aromatic heterocycles. The molecular formula is C17H20N2O. The second-order valence-electron chi connectivity index (χ2n) is 5.06. The molecule has 0 aliphatic carbocycles. The van der Waals surface area contributed by atoms with Gasteiger partial charge in [0.05, 0.1) is 0 Å². The number of rotatable bonds is 3. The summed E-state index contributed by atoms with van der Waals surface area (Å²) in [5.74, 6) is -0.0481. The van der Waals surface area contributed by atoms with Crippen molar-refractivity contribution in [2.24, 2.45) is 0 Å². The second kappa shape index (κ2) is 5.78. The molecule has 1 amide bonds. The highest BCUT2D eigenvalue weighted by Gasteiger charge is 2.10. The van der Waals surface area contributed by atoms with E-state index in [2.05, 4.69) is 5.32 Å². The molecule has 20 heavy (non-hydrogen) atoms. The molecule has 0 radical (unpaired) electrons. The van der Waals surface area contributed by atoms with E-state index in [4.69, 9.17) is 5.73 Å². The standard InChI is InChI=1S/C17H20N2O/c1-11-6-4-8-15(12(11)2)17(20)19-10-14-7-5-9-16(18)13(14)3/h4-9H,10,18H2,1-3H3,(H,19,20). The zero-order valence-electron chi connectivity index (χ0n) is 12.2. The summed E-state index contributed by atoms with van der Waals surface area (Å²) < 4.78 is 0. The molecule has 3 N–H and O–H groups in total. The van der Waals surface area contributed by atoms with Crippen LogP contribution in [0, 0.1) is 20.8 Å². The molecule has 2 aromatic carbocycles. The molecule has 0 aliphatic heterocycles. The number of hydrogen-bond donors (Lipinski definition) is 2. The van der Waals surface area contributed by atoms with E-state index in [0.717, 1.165) is 33.5 Å². The Morgan fingerprint density at radius 3 is 2.50 bits per heavy atom. The van der Waals surface area contributed by atoms with Crippen LogP contribution in [0.1, 0.15) is 32.6 Å². The summed E-state index contributed by atoms with van der Waals surface area (Å²) in [5.41, 5.74) is 11.6. The molecule has 0 saturated heterocycles. The van der Waals surface area contributed by atoms with Crippen LogP contribution >= 0.6 is 0 Å². The lowest BCUT2D eigenvalue weighted by Crippen LogP contribution is -2.24. The smallest absolute Gasteiger partial charge is 0.251 e. The van der Waals surface area contributed by atoms with E-state index in [-0.39, 0.29) is 5.91 Å². The highest BCUT2D eigenvalue weighted by Crippen LogP contribution is 2.16. The molecule has 0 unspecified atom stereocenters. The molecule has 0 bridgehead atoms. The van der Waals surface area contributed by atoms with E-state index in [9.17, 15) is 4.79 Å². The number of carbonyl (C=O) groups is 1. The Bertz CT molecular complexity index is 647. The molecular weight excluding hydrogens is 248 g/mol. The van der Waals surface area contributed by atoms with Crippen LogP contribution in [-0.4, -0.2) is 5.91 Å². The number of anilines is 1. The Morgan fingerprint density at radius 1 is 1.05 bits per heavy atom. The summed E-state index contributed by atoms with van der Waals surface area (Å²) >= 11 is 0. The number of nitrogens with two attached hydrogens (primary N) is 1. The fourth-order valence-corrected chi connectivity index (χ4v) is 2.16. The van der Waals surface area contributed by atoms with Crippen molar-refractivity contribution in [1.82, 2.24) is 5.32 Å². The third-order valence-electron chi connectivity index (χ3n) is 3.78. The molecule has 0 atom stereocenters. The fourth-order valence-electron chi connectivity index (χ4n) is 2.16. The van der Waals surface area contributed by atoms with Crippen LogP contribution in [-0.2, 0) is 6.54 Å². The van der Waals surface area contributed by atoms with Crippen molar-refractivity contribution in [2.75, 3.05) is 5.73 Å². The molecule has 0 spiro atoms. The predicted molar refractivity (Wildman–Crippen MR) is 82.7 cm³/mol. The first-order valence-electron chi connectivity index (χ1n) is 6.69. The first kappa shape index (κ1) is 14.1. The molecule has 3 heteroatoms. The molecule has 2 aromatic rings. The lowest BCUT2D eigenvalue weighted by atomic mass is 10.0. The normalized spacial score (nSPS) is 10.3. The maximum Gasteiger partial charge on any atom is 0.251 e. The van der Waals surface area contributed by atoms with Gasteiger partial charge in [-0.25, -0.2) is 0 Å². The maximum absolute atomic E-state index is 12.2. The third kappa shape index (κ3) is 2.82. The van der Waals surface area contributed by atoms with E-state index in [1.165, 1.54) is 0 Å². The summed E-state index contributed by atoms with van der Waals surface area (Å²) in [4.78, 5) is 12.2. The molecule has 2 rings (SSSR count). The van der Waals surface area contributed by atoms with Gasteiger partial charge in [-0.1, -0.05) is 24.3 Å². The van der Waals surface area contributed by atoms with Gasteiger partial charge < -0.3 is 11.1 Å². The van der Waals surface area contributed by atoms with Gasteiger partial charge in [-0.05, 0) is 55.2 Å². The van der Waals surface area contributed by atoms with Gasteiger partial charge in [0, 0.05) is 17.8 Å². The number of hydrogen-bond acceptors (Lipinski definition) is 2. The predicted octanol–water partition coefficient (Wildman–Crippen LogP) is 3.12. The van der Waals surface area contributed by atoms with Gasteiger partial charge in [-0.2, -0.15) is 0 Å². The Kier molecular flexibility index (Phi) is 4.08. The molecule has 104 valence electrons. The maximum atomic E-state index is 12.2. The molecule has 3 nitrogen and oxygen atoms in total. The van der Waals surface area contributed by atoms with E-state index in [1.54, 1.807) is 0 Å². The minimum Gasteiger partial charge on any atom is -0.399 e. The molecule has 0 heterocycles. The Hall–Kier alpha value is -2.29. The van der Waals surface area contributed by atoms with Crippen molar-refractivity contribution in [3.63, 3.8) is 0 Å². The van der Waals surface area contributed by atoms with Crippen LogP contribution in [0.2, 0.25) is 0 Å². The lowest BCUT2D eigenvalue weighted by Gasteiger charge is -2.12. The summed E-state index contributed by atoms with van der Waals surface area (Å²) in [6.45, 7) is 6.43. The molecule has 0 fully saturated rings. The number of aryl methyl sites for hydroxylation is 1. The SMILES string of the molecule is Cc1cccc(C(=O)NCc2cccc(N)c2C)c1C. The van der Waals surface area contributed by atoms with Gasteiger partial charge in [0.25, 0.3) is 5.91 Å². The van der Waals surface area contributed by atoms with Crippen molar-refractivity contribution in [3.8, 4) is 0 Å². The lowest BCUT2D eigenvalue weighted by molar-refractivity contribution is 0.0950. The van der Waals surface area contributed by atoms with Crippen molar-refractivity contribution in [1.29, 1.82) is 0 Å². The van der Waals surface area contributed by atoms with Crippen molar-refractivity contribution < 1.29 is 4.79 Å². The average molecular weight is 268 g/mol. The van der Waals surface area contributed by atoms with E-state index in [0.29, 0.717) is 6.54 Å². The third-order valence-corrected chi connectivity index (χ3v) is 3.78. The summed E-state index contributed by atoms with van der Waals surface area (Å²) in [6, 6.07) is 11.5. The van der Waals surface area contributed by atoms with Crippen LogP contribution in [0.25, 0.3) is 0 Å². The van der Waals surface area contributed by atoms with Crippen LogP contribution in [0.4, 0.5) is 5.69 Å². The van der Waals surface area contributed by atoms with Gasteiger partial charge >= 0.3 is 0 Å². The Balaban J connectivity index is 2.13. The highest BCUT2D eigenvalue weighted by molar-refractivity contribution is 5.95. The van der Waals surface area contributed by atoms with Crippen LogP contribution in [0.15, 0.2) is 36.4 Å². The van der Waals surface area contributed by atoms with Crippen molar-refractivity contribution in [3.05, 3.63) is 64.2 Å². The van der Waals surface area contributed by atoms with Gasteiger partial charge in [0.15, 0.2) is 0 Å². The average Bonchev–Trinajstić information content (AvgIpc) is 2.43. The first-order valence-corrected chi connectivity index (χ1v) is 6.69. The van der Waals surface area contributed by atoms with Crippen LogP contribution in [0.5, 0.6) is 0 Å². The Labute approximate surface area is 119 Å². The van der Waals surface area contributed by atoms with Gasteiger partial charge in [-0.3, -0.25) is 4.79 Å². The summed E-state index contributed by atoms with van der Waals surface area (Å²) in [6.07, 6.45) is 0. The van der Waals surface area contributed by atoms with Crippen molar-refractivity contribution in [2.45, 2.75) is 27.3 Å². The van der Waals surface area contributed by atoms with E-state index < -0.39 is 0 Å². The quantitative estimate of drug-likeness (QED) is 0.840. The fraction of sp³-hybridized carbons (Fsp3) is 0.235. The van der Waals surface area contributed by atoms with Gasteiger partial charge in [0.1, 0.15) is 0 Å². The second-order valence-corrected chi connectivity index (χ2v) is 5.06. The Morgan fingerprint density at radius 2 is 1.75 bits per heavy atom. The summed E-state index contributed by atoms with van der Waals surface area (Å²) in [7, 11) is 0. The topological polar surface area (TPSA) is 55.1 Å². The minimum absolute atomic E-state index is 0.0481. The van der Waals surface area contributed by atoms with Gasteiger partial charge in [0.2, 0.25) is 0 Å². The minimum atomic E-state index is -0.0481. The van der Waals surface area contributed by atoms with E-state index in [1.807, 2.05) is 57.2 Å². The number of carbonyl (C=O) groups excluding carboxylic acids is 1. The highest BCUT2D eigenvalue weighted by atomic mass is 16.1. The number of nitrogens with one attached hydrogen (secondary N) is 1. The number of benzene rings is 2. The van der Waals surface area contributed by atoms with Gasteiger partial charge in [-0.15, -0.1) is 0 Å². The number of nitrogen functional groups attached to an aromatic ring is 1. The zero-order chi connectivity index (χ0) is 14.7.